The molecule has 2 aliphatic rings. The molecule has 21 heavy (non-hydrogen) atoms. The number of nitrogens with two attached hydrogens (primary N) is 1. The van der Waals surface area contributed by atoms with Gasteiger partial charge in [0.1, 0.15) is 6.10 Å². The lowest BCUT2D eigenvalue weighted by Crippen LogP contribution is -2.47. The lowest BCUT2D eigenvalue weighted by molar-refractivity contribution is -0.146. The van der Waals surface area contributed by atoms with E-state index in [1.807, 2.05) is 11.0 Å². The van der Waals surface area contributed by atoms with E-state index in [4.69, 9.17) is 10.5 Å². The molecule has 1 saturated heterocycles. The van der Waals surface area contributed by atoms with Gasteiger partial charge in [-0.2, -0.15) is 0 Å². The summed E-state index contributed by atoms with van der Waals surface area (Å²) in [6, 6.07) is 8.60. The molecule has 0 radical (unpaired) electrons. The Kier molecular flexibility index (Phi) is 5.25. The van der Waals surface area contributed by atoms with Gasteiger partial charge in [0.05, 0.1) is 6.10 Å². The third-order valence-corrected chi connectivity index (χ3v) is 4.44. The number of rotatable bonds is 2. The third kappa shape index (κ3) is 3.23. The first-order valence-electron chi connectivity index (χ1n) is 7.42. The zero-order valence-electron chi connectivity index (χ0n) is 12.3. The Bertz CT molecular complexity index is 509. The predicted molar refractivity (Wildman–Crippen MR) is 84.4 cm³/mol. The molecule has 3 atom stereocenters. The highest BCUT2D eigenvalue weighted by atomic mass is 35.5. The summed E-state index contributed by atoms with van der Waals surface area (Å²) in [6.07, 6.45) is 2.37. The van der Waals surface area contributed by atoms with Crippen LogP contribution in [-0.4, -0.2) is 35.6 Å². The number of halogens is 1. The Hall–Kier alpha value is -1.10. The maximum Gasteiger partial charge on any atom is 0.252 e. The Morgan fingerprint density at radius 2 is 2.05 bits per heavy atom. The minimum Gasteiger partial charge on any atom is -0.364 e. The van der Waals surface area contributed by atoms with E-state index in [0.29, 0.717) is 13.1 Å². The standard InChI is InChI=1S/C16H22N2O2.ClH/c1-11-8-12-4-2-3-5-13(12)10-18(11)16(19)15-7-6-14(9-17)20-15;/h2-5,11,14-15H,6-10,17H2,1H3;1H/t11?,14-,15+;/m1./s1. The topological polar surface area (TPSA) is 55.6 Å². The fourth-order valence-electron chi connectivity index (χ4n) is 3.22. The minimum absolute atomic E-state index is 0. The molecule has 1 fully saturated rings. The lowest BCUT2D eigenvalue weighted by Gasteiger charge is -2.36. The molecule has 0 bridgehead atoms. The second-order valence-corrected chi connectivity index (χ2v) is 5.85. The number of amides is 1. The molecule has 3 rings (SSSR count). The van der Waals surface area contributed by atoms with Gasteiger partial charge in [-0.05, 0) is 37.3 Å². The zero-order chi connectivity index (χ0) is 14.1. The van der Waals surface area contributed by atoms with Crippen LogP contribution in [-0.2, 0) is 22.5 Å². The average Bonchev–Trinajstić information content (AvgIpc) is 2.94. The first kappa shape index (κ1) is 16.3. The summed E-state index contributed by atoms with van der Waals surface area (Å²) in [4.78, 5) is 14.6. The van der Waals surface area contributed by atoms with E-state index in [0.717, 1.165) is 19.3 Å². The lowest BCUT2D eigenvalue weighted by atomic mass is 9.94. The summed E-state index contributed by atoms with van der Waals surface area (Å²) >= 11 is 0. The number of hydrogen-bond acceptors (Lipinski definition) is 3. The smallest absolute Gasteiger partial charge is 0.252 e. The maximum atomic E-state index is 12.6. The van der Waals surface area contributed by atoms with Gasteiger partial charge in [0, 0.05) is 19.1 Å². The van der Waals surface area contributed by atoms with Crippen molar-refractivity contribution in [3.8, 4) is 0 Å². The van der Waals surface area contributed by atoms with Gasteiger partial charge in [-0.1, -0.05) is 24.3 Å². The van der Waals surface area contributed by atoms with Crippen LogP contribution in [0.15, 0.2) is 24.3 Å². The van der Waals surface area contributed by atoms with E-state index >= 15 is 0 Å². The molecule has 0 saturated carbocycles. The van der Waals surface area contributed by atoms with Crippen LogP contribution in [0.25, 0.3) is 0 Å². The highest BCUT2D eigenvalue weighted by molar-refractivity contribution is 5.85. The first-order chi connectivity index (χ1) is 9.69. The number of nitrogens with zero attached hydrogens (tertiary/aromatic N) is 1. The largest absolute Gasteiger partial charge is 0.364 e. The predicted octanol–water partition coefficient (Wildman–Crippen LogP) is 1.89. The SMILES string of the molecule is CC1Cc2ccccc2CN1C(=O)[C@@H]1CC[C@H](CN)O1.Cl. The molecule has 2 aliphatic heterocycles. The Balaban J connectivity index is 0.00000161. The zero-order valence-corrected chi connectivity index (χ0v) is 13.1. The molecular weight excluding hydrogens is 288 g/mol. The minimum atomic E-state index is -0.295. The van der Waals surface area contributed by atoms with Crippen molar-refractivity contribution in [3.63, 3.8) is 0 Å². The van der Waals surface area contributed by atoms with Crippen LogP contribution in [0.5, 0.6) is 0 Å². The molecule has 1 aromatic rings. The van der Waals surface area contributed by atoms with Gasteiger partial charge >= 0.3 is 0 Å². The Morgan fingerprint density at radius 1 is 1.33 bits per heavy atom. The second-order valence-electron chi connectivity index (χ2n) is 5.85. The van der Waals surface area contributed by atoms with Crippen LogP contribution in [0, 0.1) is 0 Å². The van der Waals surface area contributed by atoms with Gasteiger partial charge in [-0.3, -0.25) is 4.79 Å². The van der Waals surface area contributed by atoms with Gasteiger partial charge in [0.2, 0.25) is 0 Å². The molecule has 0 aromatic heterocycles. The molecule has 2 N–H and O–H groups in total. The number of hydrogen-bond donors (Lipinski definition) is 1. The molecule has 0 aliphatic carbocycles. The molecule has 5 heteroatoms. The van der Waals surface area contributed by atoms with Crippen molar-refractivity contribution in [3.05, 3.63) is 35.4 Å². The van der Waals surface area contributed by atoms with Crippen LogP contribution in [0.3, 0.4) is 0 Å². The van der Waals surface area contributed by atoms with Crippen molar-refractivity contribution in [2.45, 2.75) is 51.0 Å². The first-order valence-corrected chi connectivity index (χ1v) is 7.42. The highest BCUT2D eigenvalue weighted by Crippen LogP contribution is 2.27. The number of carbonyl (C=O) groups excluding carboxylic acids is 1. The fourth-order valence-corrected chi connectivity index (χ4v) is 3.22. The van der Waals surface area contributed by atoms with Crippen molar-refractivity contribution < 1.29 is 9.53 Å². The Labute approximate surface area is 132 Å². The number of fused-ring (bicyclic) bond motifs is 1. The molecule has 2 heterocycles. The maximum absolute atomic E-state index is 12.6. The summed E-state index contributed by atoms with van der Waals surface area (Å²) in [5, 5.41) is 0. The van der Waals surface area contributed by atoms with Crippen LogP contribution in [0.2, 0.25) is 0 Å². The number of ether oxygens (including phenoxy) is 1. The summed E-state index contributed by atoms with van der Waals surface area (Å²) in [6.45, 7) is 3.31. The van der Waals surface area contributed by atoms with Gasteiger partial charge < -0.3 is 15.4 Å². The number of benzene rings is 1. The van der Waals surface area contributed by atoms with Crippen LogP contribution in [0.4, 0.5) is 0 Å². The Morgan fingerprint density at radius 3 is 2.71 bits per heavy atom. The normalized spacial score (nSPS) is 27.9. The molecule has 1 amide bonds. The van der Waals surface area contributed by atoms with Crippen molar-refractivity contribution in [1.29, 1.82) is 0 Å². The van der Waals surface area contributed by atoms with Gasteiger partial charge in [-0.15, -0.1) is 12.4 Å². The van der Waals surface area contributed by atoms with E-state index in [1.54, 1.807) is 0 Å². The van der Waals surface area contributed by atoms with Gasteiger partial charge in [0.15, 0.2) is 0 Å². The van der Waals surface area contributed by atoms with Crippen LogP contribution < -0.4 is 5.73 Å². The second kappa shape index (κ2) is 6.77. The summed E-state index contributed by atoms with van der Waals surface area (Å²) in [7, 11) is 0. The van der Waals surface area contributed by atoms with Gasteiger partial charge in [0.25, 0.3) is 5.91 Å². The van der Waals surface area contributed by atoms with Crippen molar-refractivity contribution in [1.82, 2.24) is 4.90 Å². The summed E-state index contributed by atoms with van der Waals surface area (Å²) < 4.78 is 5.75. The average molecular weight is 311 g/mol. The van der Waals surface area contributed by atoms with Crippen LogP contribution in [0.1, 0.15) is 30.9 Å². The molecular formula is C16H23ClN2O2. The molecule has 0 spiro atoms. The van der Waals surface area contributed by atoms with E-state index in [1.165, 1.54) is 11.1 Å². The summed E-state index contributed by atoms with van der Waals surface area (Å²) in [5.74, 6) is 0.128. The van der Waals surface area contributed by atoms with E-state index in [9.17, 15) is 4.79 Å². The van der Waals surface area contributed by atoms with E-state index in [-0.39, 0.29) is 36.6 Å². The van der Waals surface area contributed by atoms with Crippen LogP contribution >= 0.6 is 12.4 Å². The third-order valence-electron chi connectivity index (χ3n) is 4.44. The van der Waals surface area contributed by atoms with Crippen molar-refractivity contribution >= 4 is 18.3 Å². The van der Waals surface area contributed by atoms with E-state index in [2.05, 4.69) is 25.1 Å². The van der Waals surface area contributed by atoms with Crippen molar-refractivity contribution in [2.75, 3.05) is 6.54 Å². The van der Waals surface area contributed by atoms with E-state index < -0.39 is 0 Å². The molecule has 1 aromatic carbocycles. The number of carbonyl (C=O) groups is 1. The fraction of sp³-hybridized carbons (Fsp3) is 0.562. The molecule has 116 valence electrons. The van der Waals surface area contributed by atoms with Gasteiger partial charge in [-0.25, -0.2) is 0 Å². The quantitative estimate of drug-likeness (QED) is 0.907. The molecule has 1 unspecified atom stereocenters. The highest BCUT2D eigenvalue weighted by Gasteiger charge is 2.36. The summed E-state index contributed by atoms with van der Waals surface area (Å²) in [5.41, 5.74) is 8.23. The molecule has 4 nitrogen and oxygen atoms in total. The van der Waals surface area contributed by atoms with Crippen molar-refractivity contribution in [2.24, 2.45) is 5.73 Å². The monoisotopic (exact) mass is 310 g/mol.